The Kier molecular flexibility index (Phi) is 8.15. The predicted octanol–water partition coefficient (Wildman–Crippen LogP) is 4.24. The van der Waals surface area contributed by atoms with Crippen LogP contribution in [0.3, 0.4) is 0 Å². The fourth-order valence-electron chi connectivity index (χ4n) is 3.32. The van der Waals surface area contributed by atoms with E-state index in [2.05, 4.69) is 4.98 Å². The van der Waals surface area contributed by atoms with Gasteiger partial charge in [-0.1, -0.05) is 49.3 Å². The summed E-state index contributed by atoms with van der Waals surface area (Å²) in [5.41, 5.74) is 1.43. The zero-order valence-corrected chi connectivity index (χ0v) is 20.6. The third-order valence-electron chi connectivity index (χ3n) is 4.95. The Balaban J connectivity index is 1.87. The summed E-state index contributed by atoms with van der Waals surface area (Å²) in [6.45, 7) is 4.91. The highest BCUT2D eigenvalue weighted by Crippen LogP contribution is 2.21. The van der Waals surface area contributed by atoms with Gasteiger partial charge in [0.1, 0.15) is 0 Å². The lowest BCUT2D eigenvalue weighted by Crippen LogP contribution is -2.29. The summed E-state index contributed by atoms with van der Waals surface area (Å²) >= 11 is 7.24. The quantitative estimate of drug-likeness (QED) is 0.268. The number of thioether (sulfide) groups is 1. The van der Waals surface area contributed by atoms with Crippen molar-refractivity contribution < 1.29 is 14.3 Å². The number of carbonyl (C=O) groups is 2. The summed E-state index contributed by atoms with van der Waals surface area (Å²) in [5.74, 6) is -0.285. The van der Waals surface area contributed by atoms with E-state index < -0.39 is 5.97 Å². The van der Waals surface area contributed by atoms with Crippen molar-refractivity contribution in [2.24, 2.45) is 5.92 Å². The minimum absolute atomic E-state index is 0.103. The Bertz CT molecular complexity index is 1240. The second-order valence-electron chi connectivity index (χ2n) is 8.10. The minimum Gasteiger partial charge on any atom is -0.465 e. The highest BCUT2D eigenvalue weighted by molar-refractivity contribution is 7.99. The number of ether oxygens (including phenoxy) is 1. The first-order valence-electron chi connectivity index (χ1n) is 10.4. The van der Waals surface area contributed by atoms with Crippen LogP contribution in [0.4, 0.5) is 0 Å². The molecule has 0 aliphatic rings. The number of aromatic nitrogens is 2. The van der Waals surface area contributed by atoms with Crippen molar-refractivity contribution in [1.29, 1.82) is 0 Å². The van der Waals surface area contributed by atoms with Gasteiger partial charge in [-0.15, -0.1) is 0 Å². The molecule has 0 bridgehead atoms. The molecule has 0 fully saturated rings. The Labute approximate surface area is 201 Å². The van der Waals surface area contributed by atoms with E-state index in [0.717, 1.165) is 5.56 Å². The van der Waals surface area contributed by atoms with Crippen LogP contribution in [0, 0.1) is 5.92 Å². The van der Waals surface area contributed by atoms with Crippen LogP contribution >= 0.6 is 23.4 Å². The summed E-state index contributed by atoms with van der Waals surface area (Å²) in [7, 11) is 3.02. The molecule has 7 nitrogen and oxygen atoms in total. The molecule has 0 atom stereocenters. The maximum atomic E-state index is 13.2. The molecule has 1 amide bonds. The van der Waals surface area contributed by atoms with Gasteiger partial charge in [0.05, 0.1) is 29.3 Å². The van der Waals surface area contributed by atoms with Crippen LogP contribution in [0.5, 0.6) is 0 Å². The van der Waals surface area contributed by atoms with Gasteiger partial charge in [0.2, 0.25) is 5.91 Å². The van der Waals surface area contributed by atoms with Crippen LogP contribution < -0.4 is 5.56 Å². The SMILES string of the molecule is COC(=O)c1ccc2c(=O)n(CC(C)C)c(SCC(=O)N(C)Cc3cccc(Cl)c3)nc2c1. The van der Waals surface area contributed by atoms with Gasteiger partial charge in [0.15, 0.2) is 5.16 Å². The Morgan fingerprint density at radius 3 is 2.64 bits per heavy atom. The molecule has 0 saturated heterocycles. The standard InChI is InChI=1S/C24H26ClN3O4S/c1-15(2)12-28-22(30)19-9-8-17(23(31)32-4)11-20(19)26-24(28)33-14-21(29)27(3)13-16-6-5-7-18(25)10-16/h5-11,15H,12-14H2,1-4H3. The average Bonchev–Trinajstić information content (AvgIpc) is 2.78. The van der Waals surface area contributed by atoms with E-state index >= 15 is 0 Å². The number of fused-ring (bicyclic) bond motifs is 1. The number of hydrogen-bond acceptors (Lipinski definition) is 6. The highest BCUT2D eigenvalue weighted by atomic mass is 35.5. The maximum absolute atomic E-state index is 13.2. The van der Waals surface area contributed by atoms with Gasteiger partial charge in [-0.2, -0.15) is 0 Å². The van der Waals surface area contributed by atoms with Crippen LogP contribution in [0.25, 0.3) is 10.9 Å². The van der Waals surface area contributed by atoms with Crippen molar-refractivity contribution in [2.45, 2.75) is 32.1 Å². The average molecular weight is 488 g/mol. The molecule has 2 aromatic carbocycles. The molecule has 0 N–H and O–H groups in total. The number of esters is 1. The minimum atomic E-state index is -0.503. The molecule has 3 rings (SSSR count). The van der Waals surface area contributed by atoms with Gasteiger partial charge >= 0.3 is 5.97 Å². The van der Waals surface area contributed by atoms with Crippen molar-refractivity contribution in [3.8, 4) is 0 Å². The van der Waals surface area contributed by atoms with Crippen molar-refractivity contribution in [2.75, 3.05) is 19.9 Å². The molecule has 0 saturated carbocycles. The number of nitrogens with zero attached hydrogens (tertiary/aromatic N) is 3. The normalized spacial score (nSPS) is 11.1. The number of halogens is 1. The first-order chi connectivity index (χ1) is 15.7. The molecule has 0 unspecified atom stereocenters. The molecule has 0 aliphatic carbocycles. The fraction of sp³-hybridized carbons (Fsp3) is 0.333. The largest absolute Gasteiger partial charge is 0.465 e. The molecule has 9 heteroatoms. The van der Waals surface area contributed by atoms with E-state index in [1.807, 2.05) is 32.0 Å². The highest BCUT2D eigenvalue weighted by Gasteiger charge is 2.17. The van der Waals surface area contributed by atoms with Crippen molar-refractivity contribution in [1.82, 2.24) is 14.5 Å². The fourth-order valence-corrected chi connectivity index (χ4v) is 4.48. The molecule has 3 aromatic rings. The number of carbonyl (C=O) groups excluding carboxylic acids is 2. The van der Waals surface area contributed by atoms with Gasteiger partial charge in [-0.3, -0.25) is 14.2 Å². The molecule has 0 spiro atoms. The second kappa shape index (κ2) is 10.9. The lowest BCUT2D eigenvalue weighted by atomic mass is 10.1. The third-order valence-corrected chi connectivity index (χ3v) is 6.14. The Morgan fingerprint density at radius 2 is 1.97 bits per heavy atom. The number of rotatable bonds is 8. The van der Waals surface area contributed by atoms with Gasteiger partial charge in [-0.25, -0.2) is 9.78 Å². The first-order valence-corrected chi connectivity index (χ1v) is 11.8. The molecule has 174 valence electrons. The summed E-state index contributed by atoms with van der Waals surface area (Å²) in [5, 5.41) is 1.47. The summed E-state index contributed by atoms with van der Waals surface area (Å²) < 4.78 is 6.37. The van der Waals surface area contributed by atoms with E-state index in [0.29, 0.717) is 39.7 Å². The van der Waals surface area contributed by atoms with Crippen LogP contribution in [-0.4, -0.2) is 46.2 Å². The van der Waals surface area contributed by atoms with E-state index in [1.54, 1.807) is 40.8 Å². The van der Waals surface area contributed by atoms with Gasteiger partial charge in [0.25, 0.3) is 5.56 Å². The number of benzene rings is 2. The van der Waals surface area contributed by atoms with Gasteiger partial charge < -0.3 is 9.64 Å². The van der Waals surface area contributed by atoms with Crippen LogP contribution in [0.2, 0.25) is 5.02 Å². The maximum Gasteiger partial charge on any atom is 0.337 e. The summed E-state index contributed by atoms with van der Waals surface area (Å²) in [6, 6.07) is 12.0. The molecule has 33 heavy (non-hydrogen) atoms. The third kappa shape index (κ3) is 6.15. The Morgan fingerprint density at radius 1 is 1.21 bits per heavy atom. The summed E-state index contributed by atoms with van der Waals surface area (Å²) in [4.78, 5) is 44.1. The topological polar surface area (TPSA) is 81.5 Å². The predicted molar refractivity (Wildman–Crippen MR) is 131 cm³/mol. The lowest BCUT2D eigenvalue weighted by molar-refractivity contribution is -0.127. The lowest BCUT2D eigenvalue weighted by Gasteiger charge is -2.18. The van der Waals surface area contributed by atoms with Gasteiger partial charge in [-0.05, 0) is 41.8 Å². The number of hydrogen-bond donors (Lipinski definition) is 0. The van der Waals surface area contributed by atoms with Crippen molar-refractivity contribution in [3.05, 3.63) is 69.0 Å². The number of methoxy groups -OCH3 is 1. The van der Waals surface area contributed by atoms with E-state index in [1.165, 1.54) is 18.9 Å². The Hall–Kier alpha value is -2.84. The first kappa shape index (κ1) is 24.8. The van der Waals surface area contributed by atoms with Crippen molar-refractivity contribution in [3.63, 3.8) is 0 Å². The smallest absolute Gasteiger partial charge is 0.337 e. The molecule has 1 heterocycles. The van der Waals surface area contributed by atoms with E-state index in [-0.39, 0.29) is 23.1 Å². The van der Waals surface area contributed by atoms with Crippen LogP contribution in [0.1, 0.15) is 29.8 Å². The van der Waals surface area contributed by atoms with Crippen molar-refractivity contribution >= 4 is 46.1 Å². The zero-order chi connectivity index (χ0) is 24.1. The number of amides is 1. The molecule has 0 aliphatic heterocycles. The van der Waals surface area contributed by atoms with Crippen LogP contribution in [-0.2, 0) is 22.6 Å². The van der Waals surface area contributed by atoms with E-state index in [9.17, 15) is 14.4 Å². The second-order valence-corrected chi connectivity index (χ2v) is 9.47. The van der Waals surface area contributed by atoms with Crippen LogP contribution in [0.15, 0.2) is 52.4 Å². The monoisotopic (exact) mass is 487 g/mol. The van der Waals surface area contributed by atoms with Gasteiger partial charge in [0, 0.05) is 25.2 Å². The molecule has 1 aromatic heterocycles. The molecular formula is C24H26ClN3O4S. The zero-order valence-electron chi connectivity index (χ0n) is 19.0. The molecular weight excluding hydrogens is 462 g/mol. The summed E-state index contributed by atoms with van der Waals surface area (Å²) in [6.07, 6.45) is 0. The molecule has 0 radical (unpaired) electrons. The van der Waals surface area contributed by atoms with E-state index in [4.69, 9.17) is 16.3 Å².